The van der Waals surface area contributed by atoms with Crippen molar-refractivity contribution in [2.45, 2.75) is 174 Å². The van der Waals surface area contributed by atoms with Crippen LogP contribution in [0.15, 0.2) is 54.6 Å². The van der Waals surface area contributed by atoms with Crippen molar-refractivity contribution in [2.24, 2.45) is 5.92 Å². The summed E-state index contributed by atoms with van der Waals surface area (Å²) in [4.78, 5) is 113. The number of alkyl carbamates (subject to hydrolysis) is 2. The lowest BCUT2D eigenvalue weighted by Gasteiger charge is -2.37. The number of nitrogens with zero attached hydrogens (tertiary/aromatic N) is 2. The topological polar surface area (TPSA) is 240 Å². The molecule has 0 aromatic heterocycles. The van der Waals surface area contributed by atoms with Crippen LogP contribution >= 0.6 is 0 Å². The van der Waals surface area contributed by atoms with Gasteiger partial charge in [0.2, 0.25) is 23.6 Å². The molecule has 5 atom stereocenters. The molecule has 1 fully saturated rings. The molecule has 4 rings (SSSR count). The standard InChI is InChI=1S/C52H77N7O12/c1-33(2)28-38(55-42(61)39(29-34-20-14-13-15-21-34)56-43(62)40-30-35-22-16-17-23-36(35)31-59(40)48(67)71-51(9,10)11)41(60)54-37(24-18-19-26-53-46(65)69-49(3,4)5)44(63)58-27-25-52(32-58,45(64)68-12)57-47(66)70-50(6,7)8/h13-17,20-23,33,37-40H,18-19,24-32H2,1-12H3,(H,53,65)(H,54,60)(H,55,61)(H,56,62)(H,57,66)/t37-,38-,39-,40-,52?/m1/s1. The van der Waals surface area contributed by atoms with Gasteiger partial charge in [0.15, 0.2) is 5.54 Å². The maximum atomic E-state index is 14.6. The average Bonchev–Trinajstić information content (AvgIpc) is 3.69. The van der Waals surface area contributed by atoms with Gasteiger partial charge >= 0.3 is 24.2 Å². The van der Waals surface area contributed by atoms with Gasteiger partial charge in [-0.2, -0.15) is 0 Å². The predicted octanol–water partition coefficient (Wildman–Crippen LogP) is 5.46. The van der Waals surface area contributed by atoms with Crippen molar-refractivity contribution in [2.75, 3.05) is 26.7 Å². The maximum Gasteiger partial charge on any atom is 0.411 e. The zero-order chi connectivity index (χ0) is 52.9. The Morgan fingerprint density at radius 2 is 1.28 bits per heavy atom. The predicted molar refractivity (Wildman–Crippen MR) is 265 cm³/mol. The number of hydrogen-bond donors (Lipinski definition) is 5. The van der Waals surface area contributed by atoms with Crippen LogP contribution in [0.2, 0.25) is 0 Å². The van der Waals surface area contributed by atoms with Crippen LogP contribution in [0.1, 0.15) is 125 Å². The first-order valence-corrected chi connectivity index (χ1v) is 24.5. The van der Waals surface area contributed by atoms with Crippen LogP contribution in [0.25, 0.3) is 0 Å². The minimum absolute atomic E-state index is 0.00537. The Bertz CT molecular complexity index is 2200. The number of hydrogen-bond acceptors (Lipinski definition) is 12. The molecule has 0 bridgehead atoms. The van der Waals surface area contributed by atoms with E-state index in [-0.39, 0.29) is 64.2 Å². The molecule has 2 aromatic carbocycles. The monoisotopic (exact) mass is 992 g/mol. The molecule has 5 N–H and O–H groups in total. The molecule has 1 unspecified atom stereocenters. The summed E-state index contributed by atoms with van der Waals surface area (Å²) >= 11 is 0. The Balaban J connectivity index is 1.61. The first-order valence-electron chi connectivity index (χ1n) is 24.5. The van der Waals surface area contributed by atoms with E-state index >= 15 is 0 Å². The van der Waals surface area contributed by atoms with E-state index in [9.17, 15) is 38.4 Å². The number of fused-ring (bicyclic) bond motifs is 1. The molecule has 0 saturated carbocycles. The van der Waals surface area contributed by atoms with Crippen LogP contribution in [-0.2, 0) is 62.3 Å². The fraction of sp³-hybridized carbons (Fsp3) is 0.615. The number of amides is 7. The third kappa shape index (κ3) is 18.1. The molecule has 7 amide bonds. The molecule has 1 saturated heterocycles. The summed E-state index contributed by atoms with van der Waals surface area (Å²) in [5.74, 6) is -3.41. The normalized spacial score (nSPS) is 18.2. The van der Waals surface area contributed by atoms with Crippen LogP contribution in [0.3, 0.4) is 0 Å². The van der Waals surface area contributed by atoms with E-state index in [0.717, 1.165) is 16.7 Å². The molecule has 2 aromatic rings. The molecular formula is C52H77N7O12. The van der Waals surface area contributed by atoms with Gasteiger partial charge in [0, 0.05) is 32.4 Å². The van der Waals surface area contributed by atoms with Crippen LogP contribution in [0.5, 0.6) is 0 Å². The SMILES string of the molecule is COC(=O)C1(NC(=O)OC(C)(C)C)CCN(C(=O)[C@@H](CCCCNC(=O)OC(C)(C)C)NC(=O)[C@@H](CC(C)C)NC(=O)[C@@H](Cc2ccccc2)NC(=O)[C@H]2Cc3ccccc3CN2C(=O)OC(C)(C)C)C1. The number of benzene rings is 2. The molecule has 0 aliphatic carbocycles. The third-order valence-corrected chi connectivity index (χ3v) is 11.5. The van der Waals surface area contributed by atoms with E-state index in [1.165, 1.54) is 16.9 Å². The largest absolute Gasteiger partial charge is 0.467 e. The molecule has 71 heavy (non-hydrogen) atoms. The van der Waals surface area contributed by atoms with Crippen molar-refractivity contribution in [3.8, 4) is 0 Å². The van der Waals surface area contributed by atoms with Gasteiger partial charge in [-0.25, -0.2) is 19.2 Å². The van der Waals surface area contributed by atoms with Crippen molar-refractivity contribution in [1.29, 1.82) is 0 Å². The van der Waals surface area contributed by atoms with Gasteiger partial charge in [-0.3, -0.25) is 24.1 Å². The molecule has 2 aliphatic rings. The zero-order valence-electron chi connectivity index (χ0n) is 43.7. The van der Waals surface area contributed by atoms with Gasteiger partial charge in [0.05, 0.1) is 20.2 Å². The Hall–Kier alpha value is -6.40. The van der Waals surface area contributed by atoms with Crippen LogP contribution in [-0.4, -0.2) is 131 Å². The van der Waals surface area contributed by atoms with Gasteiger partial charge in [-0.05, 0) is 111 Å². The molecule has 19 nitrogen and oxygen atoms in total. The molecule has 19 heteroatoms. The number of likely N-dealkylation sites (tertiary alicyclic amines) is 1. The van der Waals surface area contributed by atoms with Crippen molar-refractivity contribution in [3.63, 3.8) is 0 Å². The Morgan fingerprint density at radius 1 is 0.704 bits per heavy atom. The van der Waals surface area contributed by atoms with E-state index in [4.69, 9.17) is 18.9 Å². The number of carbonyl (C=O) groups is 8. The molecular weight excluding hydrogens is 915 g/mol. The second-order valence-electron chi connectivity index (χ2n) is 21.7. The number of unbranched alkanes of at least 4 members (excludes halogenated alkanes) is 1. The number of nitrogens with one attached hydrogen (secondary N) is 5. The van der Waals surface area contributed by atoms with Gasteiger partial charge < -0.3 is 50.4 Å². The first-order chi connectivity index (χ1) is 33.1. The fourth-order valence-electron chi connectivity index (χ4n) is 8.31. The van der Waals surface area contributed by atoms with Crippen molar-refractivity contribution >= 4 is 47.9 Å². The highest BCUT2D eigenvalue weighted by Gasteiger charge is 2.50. The molecule has 2 aliphatic heterocycles. The quantitative estimate of drug-likeness (QED) is 0.0712. The van der Waals surface area contributed by atoms with E-state index in [1.807, 2.05) is 56.3 Å². The smallest absolute Gasteiger partial charge is 0.411 e. The van der Waals surface area contributed by atoms with Crippen molar-refractivity contribution < 1.29 is 57.3 Å². The van der Waals surface area contributed by atoms with Crippen LogP contribution in [0, 0.1) is 5.92 Å². The minimum Gasteiger partial charge on any atom is -0.467 e. The summed E-state index contributed by atoms with van der Waals surface area (Å²) in [6, 6.07) is 11.9. The lowest BCUT2D eigenvalue weighted by atomic mass is 9.93. The second kappa shape index (κ2) is 24.6. The fourth-order valence-corrected chi connectivity index (χ4v) is 8.31. The highest BCUT2D eigenvalue weighted by molar-refractivity contribution is 5.96. The number of rotatable bonds is 18. The van der Waals surface area contributed by atoms with E-state index in [2.05, 4.69) is 26.6 Å². The lowest BCUT2D eigenvalue weighted by Crippen LogP contribution is -2.60. The summed E-state index contributed by atoms with van der Waals surface area (Å²) in [6.07, 6.45) is -0.985. The van der Waals surface area contributed by atoms with Gasteiger partial charge in [0.25, 0.3) is 0 Å². The summed E-state index contributed by atoms with van der Waals surface area (Å²) in [7, 11) is 1.17. The lowest BCUT2D eigenvalue weighted by molar-refractivity contribution is -0.148. The Kier molecular flexibility index (Phi) is 19.8. The van der Waals surface area contributed by atoms with Gasteiger partial charge in [-0.1, -0.05) is 68.4 Å². The van der Waals surface area contributed by atoms with Crippen LogP contribution in [0.4, 0.5) is 14.4 Å². The number of methoxy groups -OCH3 is 1. The molecule has 0 radical (unpaired) electrons. The van der Waals surface area contributed by atoms with E-state index in [0.29, 0.717) is 12.8 Å². The third-order valence-electron chi connectivity index (χ3n) is 11.5. The minimum atomic E-state index is -1.64. The van der Waals surface area contributed by atoms with E-state index in [1.54, 1.807) is 74.4 Å². The first kappa shape index (κ1) is 57.2. The number of carbonyl (C=O) groups excluding carboxylic acids is 8. The maximum absolute atomic E-state index is 14.6. The Morgan fingerprint density at radius 3 is 1.89 bits per heavy atom. The van der Waals surface area contributed by atoms with E-state index < -0.39 is 94.4 Å². The molecule has 392 valence electrons. The summed E-state index contributed by atoms with van der Waals surface area (Å²) < 4.78 is 21.6. The van der Waals surface area contributed by atoms with Gasteiger partial charge in [-0.15, -0.1) is 0 Å². The molecule has 2 heterocycles. The van der Waals surface area contributed by atoms with Crippen LogP contribution < -0.4 is 26.6 Å². The average molecular weight is 992 g/mol. The van der Waals surface area contributed by atoms with Gasteiger partial charge in [0.1, 0.15) is 41.0 Å². The highest BCUT2D eigenvalue weighted by Crippen LogP contribution is 2.28. The highest BCUT2D eigenvalue weighted by atomic mass is 16.6. The molecule has 0 spiro atoms. The summed E-state index contributed by atoms with van der Waals surface area (Å²) in [5, 5.41) is 14.0. The Labute approximate surface area is 418 Å². The number of esters is 1. The zero-order valence-corrected chi connectivity index (χ0v) is 43.7. The summed E-state index contributed by atoms with van der Waals surface area (Å²) in [6.45, 7) is 19.3. The van der Waals surface area contributed by atoms with Crippen molar-refractivity contribution in [3.05, 3.63) is 71.3 Å². The van der Waals surface area contributed by atoms with Crippen molar-refractivity contribution in [1.82, 2.24) is 36.4 Å². The second-order valence-corrected chi connectivity index (χ2v) is 21.7. The summed E-state index contributed by atoms with van der Waals surface area (Å²) in [5.41, 5.74) is -1.63. The number of ether oxygens (including phenoxy) is 4.